The molecular weight excluding hydrogens is 276 g/mol. The number of nitrogens with one attached hydrogen (secondary N) is 3. The number of aromatic nitrogens is 2. The van der Waals surface area contributed by atoms with Crippen LogP contribution in [-0.2, 0) is 6.54 Å². The predicted octanol–water partition coefficient (Wildman–Crippen LogP) is 1.73. The van der Waals surface area contributed by atoms with Crippen LogP contribution in [0.5, 0.6) is 0 Å². The van der Waals surface area contributed by atoms with E-state index in [1.54, 1.807) is 6.20 Å². The highest BCUT2D eigenvalue weighted by Crippen LogP contribution is 2.18. The van der Waals surface area contributed by atoms with Gasteiger partial charge in [0.1, 0.15) is 0 Å². The molecule has 22 heavy (non-hydrogen) atoms. The van der Waals surface area contributed by atoms with Crippen LogP contribution < -0.4 is 10.6 Å². The molecule has 2 heterocycles. The highest BCUT2D eigenvalue weighted by molar-refractivity contribution is 5.79. The lowest BCUT2D eigenvalue weighted by atomic mass is 10.0. The Bertz CT molecular complexity index is 428. The van der Waals surface area contributed by atoms with Crippen LogP contribution in [0.1, 0.15) is 45.2 Å². The van der Waals surface area contributed by atoms with Crippen molar-refractivity contribution in [1.29, 1.82) is 0 Å². The normalized spacial score (nSPS) is 20.1. The Morgan fingerprint density at radius 2 is 2.32 bits per heavy atom. The first-order chi connectivity index (χ1) is 10.8. The molecule has 1 aliphatic heterocycles. The topological polar surface area (TPSA) is 68.3 Å². The van der Waals surface area contributed by atoms with Gasteiger partial charge in [0.15, 0.2) is 5.96 Å². The number of hydrogen-bond acceptors (Lipinski definition) is 3. The average Bonchev–Trinajstić information content (AvgIpc) is 3.06. The van der Waals surface area contributed by atoms with Crippen LogP contribution in [0.3, 0.4) is 0 Å². The van der Waals surface area contributed by atoms with Crippen molar-refractivity contribution in [2.24, 2.45) is 4.99 Å². The molecule has 6 nitrogen and oxygen atoms in total. The maximum absolute atomic E-state index is 4.58. The molecule has 0 amide bonds. The summed E-state index contributed by atoms with van der Waals surface area (Å²) in [6.45, 7) is 9.14. The van der Waals surface area contributed by atoms with E-state index in [2.05, 4.69) is 44.6 Å². The summed E-state index contributed by atoms with van der Waals surface area (Å²) in [5, 5.41) is 13.6. The van der Waals surface area contributed by atoms with Gasteiger partial charge >= 0.3 is 0 Å². The van der Waals surface area contributed by atoms with E-state index in [-0.39, 0.29) is 0 Å². The smallest absolute Gasteiger partial charge is 0.191 e. The number of rotatable bonds is 7. The van der Waals surface area contributed by atoms with E-state index in [0.717, 1.165) is 37.3 Å². The first kappa shape index (κ1) is 16.8. The summed E-state index contributed by atoms with van der Waals surface area (Å²) in [4.78, 5) is 7.20. The number of aromatic amines is 1. The summed E-state index contributed by atoms with van der Waals surface area (Å²) in [6, 6.07) is 2.71. The van der Waals surface area contributed by atoms with Gasteiger partial charge in [-0.1, -0.05) is 13.3 Å². The Kier molecular flexibility index (Phi) is 7.22. The van der Waals surface area contributed by atoms with Crippen molar-refractivity contribution in [3.05, 3.63) is 18.0 Å². The van der Waals surface area contributed by atoms with Gasteiger partial charge in [-0.3, -0.25) is 10.00 Å². The van der Waals surface area contributed by atoms with Gasteiger partial charge in [-0.05, 0) is 38.8 Å². The predicted molar refractivity (Wildman–Crippen MR) is 90.9 cm³/mol. The first-order valence-corrected chi connectivity index (χ1v) is 8.58. The van der Waals surface area contributed by atoms with Crippen molar-refractivity contribution >= 4 is 5.96 Å². The van der Waals surface area contributed by atoms with Gasteiger partial charge in [-0.25, -0.2) is 4.99 Å². The molecule has 0 spiro atoms. The van der Waals surface area contributed by atoms with Gasteiger partial charge in [0.25, 0.3) is 0 Å². The van der Waals surface area contributed by atoms with E-state index in [9.17, 15) is 0 Å². The summed E-state index contributed by atoms with van der Waals surface area (Å²) >= 11 is 0. The summed E-state index contributed by atoms with van der Waals surface area (Å²) in [7, 11) is 0. The molecule has 1 aliphatic rings. The number of aliphatic imine (C=N–C) groups is 1. The van der Waals surface area contributed by atoms with Gasteiger partial charge in [0.05, 0.1) is 12.2 Å². The van der Waals surface area contributed by atoms with Gasteiger partial charge in [0, 0.05) is 31.9 Å². The zero-order chi connectivity index (χ0) is 15.6. The van der Waals surface area contributed by atoms with E-state index in [4.69, 9.17) is 0 Å². The first-order valence-electron chi connectivity index (χ1n) is 8.58. The number of nitrogens with zero attached hydrogens (tertiary/aromatic N) is 3. The third-order valence-corrected chi connectivity index (χ3v) is 4.22. The molecule has 0 aliphatic carbocycles. The maximum Gasteiger partial charge on any atom is 0.191 e. The third kappa shape index (κ3) is 5.33. The number of H-pyrrole nitrogens is 1. The molecule has 1 saturated heterocycles. The van der Waals surface area contributed by atoms with Crippen molar-refractivity contribution < 1.29 is 0 Å². The molecular formula is C16H30N6. The fourth-order valence-corrected chi connectivity index (χ4v) is 3.01. The highest BCUT2D eigenvalue weighted by atomic mass is 15.2. The van der Waals surface area contributed by atoms with Crippen molar-refractivity contribution in [3.63, 3.8) is 0 Å². The second-order valence-corrected chi connectivity index (χ2v) is 5.80. The third-order valence-electron chi connectivity index (χ3n) is 4.22. The van der Waals surface area contributed by atoms with E-state index in [0.29, 0.717) is 6.54 Å². The maximum atomic E-state index is 4.58. The van der Waals surface area contributed by atoms with Crippen molar-refractivity contribution in [1.82, 2.24) is 25.7 Å². The molecule has 0 saturated carbocycles. The monoisotopic (exact) mass is 306 g/mol. The molecule has 1 atom stereocenters. The lowest BCUT2D eigenvalue weighted by Crippen LogP contribution is -2.45. The minimum absolute atomic E-state index is 0.622. The largest absolute Gasteiger partial charge is 0.357 e. The lowest BCUT2D eigenvalue weighted by Gasteiger charge is -2.35. The SMILES string of the molecule is CCNC(=NCc1ccn[nH]1)NCCN1CCCCC1CC. The van der Waals surface area contributed by atoms with Gasteiger partial charge < -0.3 is 10.6 Å². The van der Waals surface area contributed by atoms with Crippen LogP contribution in [0.2, 0.25) is 0 Å². The second-order valence-electron chi connectivity index (χ2n) is 5.80. The molecule has 1 aromatic rings. The van der Waals surface area contributed by atoms with Crippen LogP contribution in [0.15, 0.2) is 17.3 Å². The van der Waals surface area contributed by atoms with Crippen molar-refractivity contribution in [3.8, 4) is 0 Å². The molecule has 3 N–H and O–H groups in total. The molecule has 1 aromatic heterocycles. The summed E-state index contributed by atoms with van der Waals surface area (Å²) in [6.07, 6.45) is 7.09. The van der Waals surface area contributed by atoms with Crippen molar-refractivity contribution in [2.75, 3.05) is 26.2 Å². The van der Waals surface area contributed by atoms with Gasteiger partial charge in [-0.2, -0.15) is 5.10 Å². The molecule has 6 heteroatoms. The number of likely N-dealkylation sites (tertiary alicyclic amines) is 1. The summed E-state index contributed by atoms with van der Waals surface area (Å²) in [5.74, 6) is 0.877. The molecule has 1 unspecified atom stereocenters. The van der Waals surface area contributed by atoms with Crippen LogP contribution in [0, 0.1) is 0 Å². The van der Waals surface area contributed by atoms with Crippen LogP contribution >= 0.6 is 0 Å². The zero-order valence-corrected chi connectivity index (χ0v) is 13.9. The van der Waals surface area contributed by atoms with E-state index >= 15 is 0 Å². The molecule has 2 rings (SSSR count). The lowest BCUT2D eigenvalue weighted by molar-refractivity contribution is 0.147. The Morgan fingerprint density at radius 3 is 3.05 bits per heavy atom. The van der Waals surface area contributed by atoms with E-state index in [1.807, 2.05) is 6.07 Å². The van der Waals surface area contributed by atoms with Gasteiger partial charge in [0.2, 0.25) is 0 Å². The molecule has 0 radical (unpaired) electrons. The Morgan fingerprint density at radius 1 is 1.41 bits per heavy atom. The molecule has 0 bridgehead atoms. The fraction of sp³-hybridized carbons (Fsp3) is 0.750. The van der Waals surface area contributed by atoms with E-state index < -0.39 is 0 Å². The van der Waals surface area contributed by atoms with E-state index in [1.165, 1.54) is 32.2 Å². The van der Waals surface area contributed by atoms with Crippen LogP contribution in [0.4, 0.5) is 0 Å². The van der Waals surface area contributed by atoms with Crippen molar-refractivity contribution in [2.45, 2.75) is 52.1 Å². The highest BCUT2D eigenvalue weighted by Gasteiger charge is 2.19. The fourth-order valence-electron chi connectivity index (χ4n) is 3.01. The molecule has 1 fully saturated rings. The minimum atomic E-state index is 0.622. The standard InChI is InChI=1S/C16H30N6/c1-3-15-7-5-6-11-22(15)12-10-18-16(17-4-2)19-13-14-8-9-20-21-14/h8-9,15H,3-7,10-13H2,1-2H3,(H,20,21)(H2,17,18,19). The Balaban J connectivity index is 1.77. The second kappa shape index (κ2) is 9.46. The molecule has 0 aromatic carbocycles. The Labute approximate surface area is 133 Å². The van der Waals surface area contributed by atoms with Gasteiger partial charge in [-0.15, -0.1) is 0 Å². The van der Waals surface area contributed by atoms with Crippen LogP contribution in [0.25, 0.3) is 0 Å². The quantitative estimate of drug-likeness (QED) is 0.530. The zero-order valence-electron chi connectivity index (χ0n) is 13.9. The number of hydrogen-bond donors (Lipinski definition) is 3. The number of guanidine groups is 1. The Hall–Kier alpha value is -1.56. The summed E-state index contributed by atoms with van der Waals surface area (Å²) < 4.78 is 0. The molecule has 124 valence electrons. The number of piperidine rings is 1. The van der Waals surface area contributed by atoms with Crippen LogP contribution in [-0.4, -0.2) is 53.3 Å². The minimum Gasteiger partial charge on any atom is -0.357 e. The summed E-state index contributed by atoms with van der Waals surface area (Å²) in [5.41, 5.74) is 1.03. The average molecular weight is 306 g/mol.